The van der Waals surface area contributed by atoms with Crippen molar-refractivity contribution in [1.82, 2.24) is 0 Å². The number of aryl methyl sites for hydroxylation is 2. The third-order valence-corrected chi connectivity index (χ3v) is 3.00. The standard InChI is InChI=1S/C13H19NO3/c1-7-6-8(2)10(11(14)13(15)17-5)12(16-4)9(7)3/h6,11H,14H2,1-5H3. The van der Waals surface area contributed by atoms with Crippen molar-refractivity contribution in [3.05, 3.63) is 28.3 Å². The molecule has 4 heteroatoms. The highest BCUT2D eigenvalue weighted by Crippen LogP contribution is 2.33. The number of hydrogen-bond acceptors (Lipinski definition) is 4. The molecule has 0 aliphatic heterocycles. The van der Waals surface area contributed by atoms with E-state index in [1.54, 1.807) is 7.11 Å². The SMILES string of the molecule is COC(=O)C(N)c1c(C)cc(C)c(C)c1OC. The van der Waals surface area contributed by atoms with Gasteiger partial charge in [-0.1, -0.05) is 6.07 Å². The van der Waals surface area contributed by atoms with Crippen molar-refractivity contribution in [2.24, 2.45) is 5.73 Å². The summed E-state index contributed by atoms with van der Waals surface area (Å²) in [5.74, 6) is 0.204. The lowest BCUT2D eigenvalue weighted by molar-refractivity contribution is -0.142. The molecule has 1 aromatic rings. The third kappa shape index (κ3) is 2.42. The Bertz CT molecular complexity index is 441. The summed E-state index contributed by atoms with van der Waals surface area (Å²) < 4.78 is 10.0. The molecule has 1 aromatic carbocycles. The van der Waals surface area contributed by atoms with Crippen molar-refractivity contribution in [2.75, 3.05) is 14.2 Å². The lowest BCUT2D eigenvalue weighted by Crippen LogP contribution is -2.24. The number of carbonyl (C=O) groups excluding carboxylic acids is 1. The Morgan fingerprint density at radius 3 is 2.29 bits per heavy atom. The molecule has 0 fully saturated rings. The van der Waals surface area contributed by atoms with Gasteiger partial charge in [0.05, 0.1) is 14.2 Å². The first kappa shape index (κ1) is 13.5. The van der Waals surface area contributed by atoms with Gasteiger partial charge in [-0.2, -0.15) is 0 Å². The molecule has 0 saturated carbocycles. The minimum Gasteiger partial charge on any atom is -0.496 e. The molecular formula is C13H19NO3. The molecule has 0 heterocycles. The minimum absolute atomic E-state index is 0.463. The topological polar surface area (TPSA) is 61.5 Å². The molecule has 0 aliphatic rings. The normalized spacial score (nSPS) is 12.1. The van der Waals surface area contributed by atoms with Gasteiger partial charge in [-0.3, -0.25) is 4.79 Å². The van der Waals surface area contributed by atoms with E-state index in [1.807, 2.05) is 26.8 Å². The van der Waals surface area contributed by atoms with Gasteiger partial charge in [0, 0.05) is 5.56 Å². The van der Waals surface area contributed by atoms with Gasteiger partial charge in [0.1, 0.15) is 11.8 Å². The van der Waals surface area contributed by atoms with Crippen molar-refractivity contribution in [1.29, 1.82) is 0 Å². The molecule has 0 radical (unpaired) electrons. The van der Waals surface area contributed by atoms with Crippen LogP contribution in [-0.2, 0) is 9.53 Å². The molecule has 4 nitrogen and oxygen atoms in total. The average molecular weight is 237 g/mol. The summed E-state index contributed by atoms with van der Waals surface area (Å²) in [6.45, 7) is 5.85. The number of methoxy groups -OCH3 is 2. The van der Waals surface area contributed by atoms with E-state index in [1.165, 1.54) is 7.11 Å². The first-order chi connectivity index (χ1) is 7.93. The van der Waals surface area contributed by atoms with Crippen LogP contribution < -0.4 is 10.5 Å². The highest BCUT2D eigenvalue weighted by Gasteiger charge is 2.24. The molecule has 0 aromatic heterocycles. The number of rotatable bonds is 3. The van der Waals surface area contributed by atoms with Crippen molar-refractivity contribution in [3.8, 4) is 5.75 Å². The lowest BCUT2D eigenvalue weighted by atomic mass is 9.94. The number of nitrogens with two attached hydrogens (primary N) is 1. The second-order valence-corrected chi connectivity index (χ2v) is 4.08. The summed E-state index contributed by atoms with van der Waals surface area (Å²) >= 11 is 0. The molecule has 1 rings (SSSR count). The Hall–Kier alpha value is -1.55. The van der Waals surface area contributed by atoms with Gasteiger partial charge in [-0.25, -0.2) is 0 Å². The van der Waals surface area contributed by atoms with Crippen LogP contribution in [0.15, 0.2) is 6.07 Å². The molecule has 0 amide bonds. The largest absolute Gasteiger partial charge is 0.496 e. The molecule has 94 valence electrons. The fraction of sp³-hybridized carbons (Fsp3) is 0.462. The summed E-state index contributed by atoms with van der Waals surface area (Å²) in [5, 5.41) is 0. The number of hydrogen-bond donors (Lipinski definition) is 1. The molecule has 2 N–H and O–H groups in total. The summed E-state index contributed by atoms with van der Waals surface area (Å²) in [6.07, 6.45) is 0. The van der Waals surface area contributed by atoms with Gasteiger partial charge in [0.2, 0.25) is 0 Å². The zero-order valence-corrected chi connectivity index (χ0v) is 11.0. The summed E-state index contributed by atoms with van der Waals surface area (Å²) in [7, 11) is 2.90. The Balaban J connectivity index is 3.41. The Kier molecular flexibility index (Phi) is 4.12. The maximum absolute atomic E-state index is 11.5. The molecule has 0 aliphatic carbocycles. The highest BCUT2D eigenvalue weighted by molar-refractivity contribution is 5.79. The van der Waals surface area contributed by atoms with Crippen LogP contribution in [0.25, 0.3) is 0 Å². The third-order valence-electron chi connectivity index (χ3n) is 3.00. The quantitative estimate of drug-likeness (QED) is 0.814. The van der Waals surface area contributed by atoms with Gasteiger partial charge in [0.25, 0.3) is 0 Å². The molecular weight excluding hydrogens is 218 g/mol. The zero-order chi connectivity index (χ0) is 13.2. The predicted octanol–water partition coefficient (Wildman–Crippen LogP) is 1.79. The Morgan fingerprint density at radius 2 is 1.82 bits per heavy atom. The maximum atomic E-state index is 11.5. The van der Waals surface area contributed by atoms with E-state index in [2.05, 4.69) is 4.74 Å². The van der Waals surface area contributed by atoms with Gasteiger partial charge in [-0.05, 0) is 37.5 Å². The molecule has 1 atom stereocenters. The monoisotopic (exact) mass is 237 g/mol. The van der Waals surface area contributed by atoms with E-state index in [9.17, 15) is 4.79 Å². The van der Waals surface area contributed by atoms with Crippen LogP contribution in [0.4, 0.5) is 0 Å². The van der Waals surface area contributed by atoms with Crippen LogP contribution in [0.1, 0.15) is 28.3 Å². The van der Waals surface area contributed by atoms with Crippen LogP contribution >= 0.6 is 0 Å². The Labute approximate surface area is 102 Å². The maximum Gasteiger partial charge on any atom is 0.327 e. The highest BCUT2D eigenvalue weighted by atomic mass is 16.5. The van der Waals surface area contributed by atoms with Crippen LogP contribution in [-0.4, -0.2) is 20.2 Å². The molecule has 0 bridgehead atoms. The summed E-state index contributed by atoms with van der Waals surface area (Å²) in [5.41, 5.74) is 9.62. The smallest absolute Gasteiger partial charge is 0.327 e. The number of carbonyl (C=O) groups is 1. The van der Waals surface area contributed by atoms with E-state index in [-0.39, 0.29) is 0 Å². The van der Waals surface area contributed by atoms with Crippen molar-refractivity contribution >= 4 is 5.97 Å². The first-order valence-corrected chi connectivity index (χ1v) is 5.42. The van der Waals surface area contributed by atoms with Gasteiger partial charge < -0.3 is 15.2 Å². The predicted molar refractivity (Wildman–Crippen MR) is 66.1 cm³/mol. The first-order valence-electron chi connectivity index (χ1n) is 5.42. The lowest BCUT2D eigenvalue weighted by Gasteiger charge is -2.19. The van der Waals surface area contributed by atoms with E-state index in [4.69, 9.17) is 10.5 Å². The Morgan fingerprint density at radius 1 is 1.24 bits per heavy atom. The van der Waals surface area contributed by atoms with Gasteiger partial charge in [0.15, 0.2) is 0 Å². The van der Waals surface area contributed by atoms with Crippen LogP contribution in [0, 0.1) is 20.8 Å². The van der Waals surface area contributed by atoms with Crippen molar-refractivity contribution in [3.63, 3.8) is 0 Å². The minimum atomic E-state index is -0.811. The van der Waals surface area contributed by atoms with E-state index >= 15 is 0 Å². The average Bonchev–Trinajstić information content (AvgIpc) is 2.31. The number of esters is 1. The molecule has 0 saturated heterocycles. The zero-order valence-electron chi connectivity index (χ0n) is 11.0. The fourth-order valence-corrected chi connectivity index (χ4v) is 1.97. The van der Waals surface area contributed by atoms with Gasteiger partial charge in [-0.15, -0.1) is 0 Å². The summed E-state index contributed by atoms with van der Waals surface area (Å²) in [4.78, 5) is 11.5. The van der Waals surface area contributed by atoms with Crippen LogP contribution in [0.2, 0.25) is 0 Å². The van der Waals surface area contributed by atoms with E-state index < -0.39 is 12.0 Å². The molecule has 1 unspecified atom stereocenters. The second-order valence-electron chi connectivity index (χ2n) is 4.08. The number of ether oxygens (including phenoxy) is 2. The summed E-state index contributed by atoms with van der Waals surface area (Å²) in [6, 6.07) is 1.19. The fourth-order valence-electron chi connectivity index (χ4n) is 1.97. The number of benzene rings is 1. The van der Waals surface area contributed by atoms with Crippen LogP contribution in [0.5, 0.6) is 5.75 Å². The van der Waals surface area contributed by atoms with Gasteiger partial charge >= 0.3 is 5.97 Å². The molecule has 17 heavy (non-hydrogen) atoms. The molecule has 0 spiro atoms. The second kappa shape index (κ2) is 5.19. The van der Waals surface area contributed by atoms with Crippen molar-refractivity contribution in [2.45, 2.75) is 26.8 Å². The van der Waals surface area contributed by atoms with Crippen LogP contribution in [0.3, 0.4) is 0 Å². The van der Waals surface area contributed by atoms with E-state index in [0.29, 0.717) is 11.3 Å². The van der Waals surface area contributed by atoms with E-state index in [0.717, 1.165) is 16.7 Å². The van der Waals surface area contributed by atoms with Crippen molar-refractivity contribution < 1.29 is 14.3 Å².